The molecule has 0 unspecified atom stereocenters. The summed E-state index contributed by atoms with van der Waals surface area (Å²) in [5, 5.41) is 0. The molecule has 104 valence electrons. The van der Waals surface area contributed by atoms with E-state index in [4.69, 9.17) is 20.6 Å². The van der Waals surface area contributed by atoms with Gasteiger partial charge >= 0.3 is 7.60 Å². The fourth-order valence-corrected chi connectivity index (χ4v) is 3.10. The molecule has 0 saturated carbocycles. The summed E-state index contributed by atoms with van der Waals surface area (Å²) >= 11 is 5.68. The maximum Gasteiger partial charge on any atom is 0.380 e. The zero-order valence-electron chi connectivity index (χ0n) is 11.0. The molecule has 0 amide bonds. The smallest absolute Gasteiger partial charge is 0.304 e. The molecule has 0 aliphatic carbocycles. The fourth-order valence-electron chi connectivity index (χ4n) is 1.35. The second-order valence-corrected chi connectivity index (χ2v) is 5.66. The number of hydrogen-bond acceptors (Lipinski definition) is 4. The number of benzene rings is 1. The van der Waals surface area contributed by atoms with E-state index in [0.717, 1.165) is 11.1 Å². The average Bonchev–Trinajstić information content (AvgIpc) is 2.41. The van der Waals surface area contributed by atoms with E-state index in [2.05, 4.69) is 4.99 Å². The third-order valence-electron chi connectivity index (χ3n) is 2.12. The zero-order valence-corrected chi connectivity index (χ0v) is 12.6. The molecule has 1 rings (SSSR count). The van der Waals surface area contributed by atoms with Gasteiger partial charge in [0, 0.05) is 11.7 Å². The summed E-state index contributed by atoms with van der Waals surface area (Å²) in [7, 11) is -3.44. The second kappa shape index (κ2) is 8.28. The van der Waals surface area contributed by atoms with Gasteiger partial charge in [-0.05, 0) is 19.4 Å². The second-order valence-electron chi connectivity index (χ2n) is 3.47. The molecule has 0 atom stereocenters. The van der Waals surface area contributed by atoms with Crippen molar-refractivity contribution in [2.24, 2.45) is 4.99 Å². The maximum absolute atomic E-state index is 12.5. The Kier molecular flexibility index (Phi) is 7.03. The normalized spacial score (nSPS) is 13.1. The third kappa shape index (κ3) is 4.92. The Labute approximate surface area is 118 Å². The summed E-state index contributed by atoms with van der Waals surface area (Å²) < 4.78 is 22.8. The van der Waals surface area contributed by atoms with E-state index in [1.807, 2.05) is 30.3 Å². The molecule has 0 bridgehead atoms. The van der Waals surface area contributed by atoms with Crippen molar-refractivity contribution in [3.8, 4) is 0 Å². The summed E-state index contributed by atoms with van der Waals surface area (Å²) in [6, 6.07) is 9.43. The number of aliphatic imine (C=N–C) groups is 1. The van der Waals surface area contributed by atoms with Crippen LogP contribution in [0, 0.1) is 0 Å². The minimum absolute atomic E-state index is 0.0988. The van der Waals surface area contributed by atoms with Gasteiger partial charge in [0.25, 0.3) is 0 Å². The molecule has 1 aromatic rings. The lowest BCUT2D eigenvalue weighted by atomic mass is 10.2. The van der Waals surface area contributed by atoms with E-state index < -0.39 is 7.60 Å². The molecule has 0 aliphatic rings. The number of nitrogens with zero attached hydrogens (tertiary/aromatic N) is 1. The van der Waals surface area contributed by atoms with Crippen LogP contribution >= 0.6 is 19.2 Å². The first-order chi connectivity index (χ1) is 9.16. The van der Waals surface area contributed by atoms with Gasteiger partial charge in [-0.25, -0.2) is 4.99 Å². The molecule has 0 heterocycles. The first-order valence-corrected chi connectivity index (χ1v) is 7.93. The van der Waals surface area contributed by atoms with Gasteiger partial charge in [-0.1, -0.05) is 41.9 Å². The third-order valence-corrected chi connectivity index (χ3v) is 4.48. The molecule has 0 spiro atoms. The van der Waals surface area contributed by atoms with Crippen LogP contribution in [-0.2, 0) is 13.6 Å². The Morgan fingerprint density at radius 2 is 1.84 bits per heavy atom. The van der Waals surface area contributed by atoms with Crippen LogP contribution in [0.15, 0.2) is 46.3 Å². The first kappa shape index (κ1) is 16.1. The summed E-state index contributed by atoms with van der Waals surface area (Å²) in [5.41, 5.74) is 2.10. The van der Waals surface area contributed by atoms with E-state index in [1.54, 1.807) is 20.1 Å². The maximum atomic E-state index is 12.5. The van der Waals surface area contributed by atoms with Crippen LogP contribution in [0.5, 0.6) is 0 Å². The van der Waals surface area contributed by atoms with E-state index in [1.165, 1.54) is 0 Å². The quantitative estimate of drug-likeness (QED) is 0.553. The Bertz CT molecular complexity index is 478. The van der Waals surface area contributed by atoms with Gasteiger partial charge in [0.1, 0.15) is 0 Å². The predicted molar refractivity (Wildman–Crippen MR) is 78.8 cm³/mol. The molecule has 1 aromatic carbocycles. The highest BCUT2D eigenvalue weighted by molar-refractivity contribution is 7.58. The number of rotatable bonds is 7. The van der Waals surface area contributed by atoms with Crippen LogP contribution < -0.4 is 0 Å². The first-order valence-electron chi connectivity index (χ1n) is 5.95. The van der Waals surface area contributed by atoms with E-state index in [9.17, 15) is 4.57 Å². The van der Waals surface area contributed by atoms with Crippen LogP contribution in [0.4, 0.5) is 0 Å². The average molecular weight is 302 g/mol. The summed E-state index contributed by atoms with van der Waals surface area (Å²) in [6.07, 6.45) is 1.57. The molecule has 0 N–H and O–H groups in total. The Balaban J connectivity index is 2.94. The minimum atomic E-state index is -3.44. The molecular formula is C13H17ClNO3P. The summed E-state index contributed by atoms with van der Waals surface area (Å²) in [4.78, 5) is 4.11. The van der Waals surface area contributed by atoms with Gasteiger partial charge in [-0.15, -0.1) is 0 Å². The van der Waals surface area contributed by atoms with Crippen molar-refractivity contribution in [2.45, 2.75) is 13.8 Å². The lowest BCUT2D eigenvalue weighted by Gasteiger charge is -2.16. The lowest BCUT2D eigenvalue weighted by molar-refractivity contribution is 0.226. The van der Waals surface area contributed by atoms with E-state index in [0.29, 0.717) is 0 Å². The van der Waals surface area contributed by atoms with Gasteiger partial charge in [-0.2, -0.15) is 0 Å². The van der Waals surface area contributed by atoms with Crippen LogP contribution in [0.2, 0.25) is 0 Å². The molecule has 0 aliphatic heterocycles. The van der Waals surface area contributed by atoms with Crippen LogP contribution in [0.1, 0.15) is 19.4 Å². The van der Waals surface area contributed by atoms with Crippen LogP contribution in [0.3, 0.4) is 0 Å². The molecule has 0 fully saturated rings. The lowest BCUT2D eigenvalue weighted by Crippen LogP contribution is -1.97. The van der Waals surface area contributed by atoms with Gasteiger partial charge in [0.15, 0.2) is 5.44 Å². The van der Waals surface area contributed by atoms with Crippen molar-refractivity contribution >= 4 is 25.4 Å². The molecule has 4 nitrogen and oxygen atoms in total. The monoisotopic (exact) mass is 301 g/mol. The van der Waals surface area contributed by atoms with Crippen molar-refractivity contribution in [1.29, 1.82) is 0 Å². The van der Waals surface area contributed by atoms with Gasteiger partial charge in [0.05, 0.1) is 13.2 Å². The number of hydrogen-bond donors (Lipinski definition) is 0. The van der Waals surface area contributed by atoms with Gasteiger partial charge in [-0.3, -0.25) is 4.57 Å². The molecule has 6 heteroatoms. The van der Waals surface area contributed by atoms with Gasteiger partial charge in [0.2, 0.25) is 0 Å². The Morgan fingerprint density at radius 1 is 1.26 bits per heavy atom. The van der Waals surface area contributed by atoms with Crippen LogP contribution in [0.25, 0.3) is 0 Å². The molecule has 0 radical (unpaired) electrons. The fraction of sp³-hybridized carbons (Fsp3) is 0.308. The zero-order chi connectivity index (χ0) is 14.1. The van der Waals surface area contributed by atoms with Crippen molar-refractivity contribution in [1.82, 2.24) is 0 Å². The van der Waals surface area contributed by atoms with Crippen LogP contribution in [-0.4, -0.2) is 19.4 Å². The molecular weight excluding hydrogens is 285 g/mol. The van der Waals surface area contributed by atoms with E-state index >= 15 is 0 Å². The molecule has 19 heavy (non-hydrogen) atoms. The van der Waals surface area contributed by atoms with Crippen molar-refractivity contribution < 1.29 is 13.6 Å². The van der Waals surface area contributed by atoms with Crippen molar-refractivity contribution in [2.75, 3.05) is 13.2 Å². The van der Waals surface area contributed by atoms with Crippen molar-refractivity contribution in [3.63, 3.8) is 0 Å². The molecule has 0 aromatic heterocycles. The SMILES string of the molecule is CCOP(=O)(OCC)C(=CCl)N=Cc1ccccc1. The van der Waals surface area contributed by atoms with Crippen molar-refractivity contribution in [3.05, 3.63) is 46.9 Å². The largest absolute Gasteiger partial charge is 0.380 e. The van der Waals surface area contributed by atoms with Gasteiger partial charge < -0.3 is 9.05 Å². The molecule has 0 saturated heterocycles. The Hall–Kier alpha value is -0.930. The minimum Gasteiger partial charge on any atom is -0.304 e. The highest BCUT2D eigenvalue weighted by Crippen LogP contribution is 2.56. The van der Waals surface area contributed by atoms with E-state index in [-0.39, 0.29) is 18.7 Å². The highest BCUT2D eigenvalue weighted by Gasteiger charge is 2.29. The Morgan fingerprint density at radius 3 is 2.32 bits per heavy atom. The predicted octanol–water partition coefficient (Wildman–Crippen LogP) is 4.41. The number of halogens is 1. The standard InChI is InChI=1S/C13H17ClNO3P/c1-3-17-19(16,18-4-2)13(10-14)15-11-12-8-6-5-7-9-12/h5-11H,3-4H2,1-2H3. The topological polar surface area (TPSA) is 47.9 Å². The summed E-state index contributed by atoms with van der Waals surface area (Å²) in [5.74, 6) is 0. The summed E-state index contributed by atoms with van der Waals surface area (Å²) in [6.45, 7) is 3.98. The highest BCUT2D eigenvalue weighted by atomic mass is 35.5.